The van der Waals surface area contributed by atoms with E-state index in [-0.39, 0.29) is 0 Å². The van der Waals surface area contributed by atoms with Crippen molar-refractivity contribution in [1.29, 1.82) is 0 Å². The van der Waals surface area contributed by atoms with Crippen LogP contribution in [0.1, 0.15) is 19.4 Å². The molecule has 0 amide bonds. The van der Waals surface area contributed by atoms with Gasteiger partial charge in [0.15, 0.2) is 0 Å². The highest BCUT2D eigenvalue weighted by molar-refractivity contribution is 6.32. The molecule has 0 heterocycles. The molecule has 0 aliphatic rings. The third-order valence-electron chi connectivity index (χ3n) is 2.44. The highest BCUT2D eigenvalue weighted by Gasteiger charge is 2.27. The number of carbonyl (C=O) groups is 1. The topological polar surface area (TPSA) is 46.5 Å². The zero-order valence-electron chi connectivity index (χ0n) is 9.58. The summed E-state index contributed by atoms with van der Waals surface area (Å²) in [6, 6.07) is 5.32. The molecule has 16 heavy (non-hydrogen) atoms. The van der Waals surface area contributed by atoms with E-state index in [1.165, 1.54) is 0 Å². The van der Waals surface area contributed by atoms with Gasteiger partial charge >= 0.3 is 5.97 Å². The first-order valence-corrected chi connectivity index (χ1v) is 5.30. The van der Waals surface area contributed by atoms with Crippen LogP contribution in [0.3, 0.4) is 0 Å². The average Bonchev–Trinajstić information content (AvgIpc) is 2.17. The first kappa shape index (κ1) is 12.8. The Morgan fingerprint density at radius 1 is 1.50 bits per heavy atom. The fraction of sp³-hybridized carbons (Fsp3) is 0.417. The van der Waals surface area contributed by atoms with Crippen molar-refractivity contribution in [1.82, 2.24) is 0 Å². The molecule has 0 bridgehead atoms. The second kappa shape index (κ2) is 4.74. The fourth-order valence-corrected chi connectivity index (χ4v) is 1.69. The van der Waals surface area contributed by atoms with Crippen molar-refractivity contribution in [3.63, 3.8) is 0 Å². The molecule has 0 spiro atoms. The number of methoxy groups -OCH3 is 1. The van der Waals surface area contributed by atoms with Gasteiger partial charge in [-0.1, -0.05) is 17.7 Å². The minimum absolute atomic E-state index is 0.437. The molecule has 88 valence electrons. The molecule has 0 unspecified atom stereocenters. The van der Waals surface area contributed by atoms with Crippen molar-refractivity contribution in [2.45, 2.75) is 20.3 Å². The minimum Gasteiger partial charge on any atom is -0.495 e. The smallest absolute Gasteiger partial charge is 0.309 e. The van der Waals surface area contributed by atoms with Crippen molar-refractivity contribution in [3.05, 3.63) is 28.8 Å². The highest BCUT2D eigenvalue weighted by atomic mass is 35.5. The van der Waals surface area contributed by atoms with E-state index in [4.69, 9.17) is 21.4 Å². The van der Waals surface area contributed by atoms with Crippen molar-refractivity contribution in [3.8, 4) is 5.75 Å². The predicted octanol–water partition coefficient (Wildman–Crippen LogP) is 3.00. The summed E-state index contributed by atoms with van der Waals surface area (Å²) in [7, 11) is 1.54. The van der Waals surface area contributed by atoms with E-state index < -0.39 is 11.4 Å². The van der Waals surface area contributed by atoms with Crippen LogP contribution >= 0.6 is 11.6 Å². The zero-order chi connectivity index (χ0) is 12.3. The van der Waals surface area contributed by atoms with Crippen LogP contribution < -0.4 is 4.74 Å². The summed E-state index contributed by atoms with van der Waals surface area (Å²) in [4.78, 5) is 11.0. The van der Waals surface area contributed by atoms with Crippen molar-refractivity contribution >= 4 is 17.6 Å². The van der Waals surface area contributed by atoms with E-state index in [1.807, 2.05) is 6.07 Å². The zero-order valence-corrected chi connectivity index (χ0v) is 10.3. The Balaban J connectivity index is 2.91. The van der Waals surface area contributed by atoms with Crippen LogP contribution in [0.4, 0.5) is 0 Å². The summed E-state index contributed by atoms with van der Waals surface area (Å²) >= 11 is 5.97. The molecule has 1 aromatic carbocycles. The summed E-state index contributed by atoms with van der Waals surface area (Å²) in [6.45, 7) is 3.38. The van der Waals surface area contributed by atoms with E-state index >= 15 is 0 Å². The largest absolute Gasteiger partial charge is 0.495 e. The van der Waals surface area contributed by atoms with Crippen molar-refractivity contribution in [2.75, 3.05) is 7.11 Å². The van der Waals surface area contributed by atoms with Gasteiger partial charge in [0.2, 0.25) is 0 Å². The van der Waals surface area contributed by atoms with Gasteiger partial charge in [0.25, 0.3) is 0 Å². The van der Waals surface area contributed by atoms with Gasteiger partial charge in [0.05, 0.1) is 17.5 Å². The van der Waals surface area contributed by atoms with Crippen LogP contribution in [0, 0.1) is 5.41 Å². The Kier molecular flexibility index (Phi) is 3.81. The molecule has 3 nitrogen and oxygen atoms in total. The third kappa shape index (κ3) is 2.89. The molecule has 0 aliphatic carbocycles. The maximum Gasteiger partial charge on any atom is 0.309 e. The number of halogens is 1. The number of rotatable bonds is 4. The summed E-state index contributed by atoms with van der Waals surface area (Å²) in [6.07, 6.45) is 0.437. The van der Waals surface area contributed by atoms with Crippen LogP contribution in [0.5, 0.6) is 5.75 Å². The van der Waals surface area contributed by atoms with Crippen molar-refractivity contribution in [2.24, 2.45) is 5.41 Å². The monoisotopic (exact) mass is 242 g/mol. The second-order valence-corrected chi connectivity index (χ2v) is 4.74. The van der Waals surface area contributed by atoms with Crippen LogP contribution in [-0.2, 0) is 11.2 Å². The molecule has 1 aromatic rings. The second-order valence-electron chi connectivity index (χ2n) is 4.33. The fourth-order valence-electron chi connectivity index (χ4n) is 1.41. The minimum atomic E-state index is -0.820. The average molecular weight is 243 g/mol. The van der Waals surface area contributed by atoms with Gasteiger partial charge in [0.1, 0.15) is 5.75 Å². The lowest BCUT2D eigenvalue weighted by atomic mass is 9.86. The first-order chi connectivity index (χ1) is 7.36. The van der Waals surface area contributed by atoms with E-state index in [9.17, 15) is 4.79 Å². The number of benzene rings is 1. The van der Waals surface area contributed by atoms with Gasteiger partial charge in [-0.2, -0.15) is 0 Å². The maximum absolute atomic E-state index is 11.0. The molecule has 0 aliphatic heterocycles. The van der Waals surface area contributed by atoms with Crippen LogP contribution in [0.2, 0.25) is 5.02 Å². The molecule has 0 radical (unpaired) electrons. The van der Waals surface area contributed by atoms with E-state index in [1.54, 1.807) is 33.1 Å². The molecule has 0 aromatic heterocycles. The normalized spacial score (nSPS) is 11.2. The SMILES string of the molecule is COc1ccc(CC(C)(C)C(=O)O)cc1Cl. The Morgan fingerprint density at radius 2 is 2.12 bits per heavy atom. The molecule has 0 saturated carbocycles. The number of ether oxygens (including phenoxy) is 1. The lowest BCUT2D eigenvalue weighted by Gasteiger charge is -2.19. The van der Waals surface area contributed by atoms with Gasteiger partial charge in [0, 0.05) is 0 Å². The van der Waals surface area contributed by atoms with E-state index in [0.29, 0.717) is 17.2 Å². The number of hydrogen-bond donors (Lipinski definition) is 1. The van der Waals surface area contributed by atoms with Gasteiger partial charge in [-0.15, -0.1) is 0 Å². The van der Waals surface area contributed by atoms with Gasteiger partial charge < -0.3 is 9.84 Å². The Bertz CT molecular complexity index is 399. The Morgan fingerprint density at radius 3 is 2.56 bits per heavy atom. The highest BCUT2D eigenvalue weighted by Crippen LogP contribution is 2.28. The molecule has 0 saturated heterocycles. The van der Waals surface area contributed by atoms with E-state index in [0.717, 1.165) is 5.56 Å². The molecular formula is C12H15ClO3. The molecular weight excluding hydrogens is 228 g/mol. The van der Waals surface area contributed by atoms with E-state index in [2.05, 4.69) is 0 Å². The number of carboxylic acid groups (broad SMARTS) is 1. The molecule has 4 heteroatoms. The molecule has 1 N–H and O–H groups in total. The third-order valence-corrected chi connectivity index (χ3v) is 2.74. The lowest BCUT2D eigenvalue weighted by molar-refractivity contribution is -0.146. The quantitative estimate of drug-likeness (QED) is 0.883. The molecule has 1 rings (SSSR count). The summed E-state index contributed by atoms with van der Waals surface area (Å²) < 4.78 is 5.03. The summed E-state index contributed by atoms with van der Waals surface area (Å²) in [5.74, 6) is -0.224. The maximum atomic E-state index is 11.0. The molecule has 0 fully saturated rings. The van der Waals surface area contributed by atoms with Gasteiger partial charge in [-0.3, -0.25) is 4.79 Å². The summed E-state index contributed by atoms with van der Waals surface area (Å²) in [5.41, 5.74) is 0.0935. The Labute approximate surface area is 100.0 Å². The van der Waals surface area contributed by atoms with Crippen LogP contribution in [0.25, 0.3) is 0 Å². The van der Waals surface area contributed by atoms with Gasteiger partial charge in [-0.25, -0.2) is 0 Å². The van der Waals surface area contributed by atoms with Gasteiger partial charge in [-0.05, 0) is 38.0 Å². The summed E-state index contributed by atoms with van der Waals surface area (Å²) in [5, 5.41) is 9.52. The van der Waals surface area contributed by atoms with Crippen LogP contribution in [-0.4, -0.2) is 18.2 Å². The number of aliphatic carboxylic acids is 1. The number of hydrogen-bond acceptors (Lipinski definition) is 2. The van der Waals surface area contributed by atoms with Crippen molar-refractivity contribution < 1.29 is 14.6 Å². The first-order valence-electron chi connectivity index (χ1n) is 4.92. The molecule has 0 atom stereocenters. The number of carboxylic acids is 1. The lowest BCUT2D eigenvalue weighted by Crippen LogP contribution is -2.26. The Hall–Kier alpha value is -1.22. The predicted molar refractivity (Wildman–Crippen MR) is 63.1 cm³/mol. The standard InChI is InChI=1S/C12H15ClO3/c1-12(2,11(14)15)7-8-4-5-10(16-3)9(13)6-8/h4-6H,7H2,1-3H3,(H,14,15). The van der Waals surface area contributed by atoms with Crippen LogP contribution in [0.15, 0.2) is 18.2 Å².